The third-order valence-electron chi connectivity index (χ3n) is 3.23. The van der Waals surface area contributed by atoms with Crippen molar-refractivity contribution in [2.45, 2.75) is 19.2 Å². The van der Waals surface area contributed by atoms with Crippen molar-refractivity contribution >= 4 is 11.6 Å². The van der Waals surface area contributed by atoms with Crippen LogP contribution < -0.4 is 4.74 Å². The second-order valence-electron chi connectivity index (χ2n) is 4.69. The number of benzene rings is 2. The Hall–Kier alpha value is -1.61. The van der Waals surface area contributed by atoms with Crippen LogP contribution in [0.4, 0.5) is 8.78 Å². The minimum atomic E-state index is -0.904. The van der Waals surface area contributed by atoms with Crippen LogP contribution >= 0.6 is 11.6 Å². The van der Waals surface area contributed by atoms with Crippen molar-refractivity contribution in [1.29, 1.82) is 0 Å². The smallest absolute Gasteiger partial charge is 0.163 e. The van der Waals surface area contributed by atoms with Gasteiger partial charge in [0.15, 0.2) is 11.6 Å². The van der Waals surface area contributed by atoms with Gasteiger partial charge in [-0.15, -0.1) is 11.6 Å². The van der Waals surface area contributed by atoms with Gasteiger partial charge in [0.2, 0.25) is 0 Å². The van der Waals surface area contributed by atoms with Gasteiger partial charge < -0.3 is 4.74 Å². The number of halogens is 3. The number of ether oxygens (including phenoxy) is 1. The number of rotatable bonds is 3. The van der Waals surface area contributed by atoms with Crippen LogP contribution in [-0.2, 0) is 0 Å². The van der Waals surface area contributed by atoms with Crippen LogP contribution in [0, 0.1) is 25.5 Å². The van der Waals surface area contributed by atoms with Crippen molar-refractivity contribution in [3.8, 4) is 5.75 Å². The van der Waals surface area contributed by atoms with Crippen LogP contribution in [0.25, 0.3) is 0 Å². The monoisotopic (exact) mass is 296 g/mol. The minimum absolute atomic E-state index is 0.135. The third-order valence-corrected chi connectivity index (χ3v) is 3.72. The van der Waals surface area contributed by atoms with Crippen LogP contribution in [0.1, 0.15) is 27.6 Å². The van der Waals surface area contributed by atoms with Gasteiger partial charge in [-0.2, -0.15) is 0 Å². The van der Waals surface area contributed by atoms with E-state index in [4.69, 9.17) is 16.3 Å². The van der Waals surface area contributed by atoms with Gasteiger partial charge >= 0.3 is 0 Å². The topological polar surface area (TPSA) is 9.23 Å². The molecule has 0 bridgehead atoms. The fourth-order valence-corrected chi connectivity index (χ4v) is 2.64. The van der Waals surface area contributed by atoms with E-state index in [1.54, 1.807) is 7.11 Å². The molecule has 0 saturated carbocycles. The Morgan fingerprint density at radius 2 is 1.70 bits per heavy atom. The zero-order valence-corrected chi connectivity index (χ0v) is 12.3. The molecule has 0 aromatic heterocycles. The van der Waals surface area contributed by atoms with Gasteiger partial charge in [-0.05, 0) is 36.6 Å². The van der Waals surface area contributed by atoms with E-state index in [1.807, 2.05) is 26.0 Å². The van der Waals surface area contributed by atoms with Gasteiger partial charge in [0.1, 0.15) is 5.75 Å². The Balaban J connectivity index is 2.49. The standard InChI is InChI=1S/C16H15ClF2O/c1-9-7-11(8-10(2)16(9)20-3)14(17)12-5-4-6-13(18)15(12)19/h4-8,14H,1-3H3. The summed E-state index contributed by atoms with van der Waals surface area (Å²) in [5.74, 6) is -1.02. The molecule has 0 amide bonds. The normalized spacial score (nSPS) is 12.3. The Kier molecular flexibility index (Phi) is 4.29. The van der Waals surface area contributed by atoms with E-state index in [2.05, 4.69) is 0 Å². The first-order valence-electron chi connectivity index (χ1n) is 6.18. The van der Waals surface area contributed by atoms with E-state index in [0.717, 1.165) is 22.9 Å². The highest BCUT2D eigenvalue weighted by atomic mass is 35.5. The molecule has 0 aliphatic carbocycles. The summed E-state index contributed by atoms with van der Waals surface area (Å²) in [4.78, 5) is 0. The first-order chi connectivity index (χ1) is 9.45. The van der Waals surface area contributed by atoms with E-state index in [-0.39, 0.29) is 5.56 Å². The summed E-state index contributed by atoms with van der Waals surface area (Å²) in [7, 11) is 1.60. The lowest BCUT2D eigenvalue weighted by atomic mass is 9.99. The van der Waals surface area contributed by atoms with Gasteiger partial charge in [0.25, 0.3) is 0 Å². The molecule has 0 N–H and O–H groups in total. The van der Waals surface area contributed by atoms with Gasteiger partial charge in [0, 0.05) is 5.56 Å². The van der Waals surface area contributed by atoms with E-state index >= 15 is 0 Å². The largest absolute Gasteiger partial charge is 0.496 e. The van der Waals surface area contributed by atoms with E-state index in [9.17, 15) is 8.78 Å². The van der Waals surface area contributed by atoms with Crippen molar-refractivity contribution in [3.05, 3.63) is 64.2 Å². The van der Waals surface area contributed by atoms with Gasteiger partial charge in [-0.1, -0.05) is 24.3 Å². The lowest BCUT2D eigenvalue weighted by Crippen LogP contribution is -2.01. The van der Waals surface area contributed by atoms with E-state index < -0.39 is 17.0 Å². The fraction of sp³-hybridized carbons (Fsp3) is 0.250. The highest BCUT2D eigenvalue weighted by molar-refractivity contribution is 6.22. The van der Waals surface area contributed by atoms with E-state index in [0.29, 0.717) is 5.56 Å². The Labute approximate surface area is 122 Å². The maximum atomic E-state index is 13.8. The number of methoxy groups -OCH3 is 1. The number of hydrogen-bond acceptors (Lipinski definition) is 1. The van der Waals surface area contributed by atoms with Crippen molar-refractivity contribution in [2.24, 2.45) is 0 Å². The van der Waals surface area contributed by atoms with Gasteiger partial charge in [0.05, 0.1) is 12.5 Å². The average molecular weight is 297 g/mol. The predicted octanol–water partition coefficient (Wildman–Crippen LogP) is 4.92. The lowest BCUT2D eigenvalue weighted by Gasteiger charge is -2.16. The highest BCUT2D eigenvalue weighted by Crippen LogP contribution is 2.35. The second kappa shape index (κ2) is 5.80. The quantitative estimate of drug-likeness (QED) is 0.731. The summed E-state index contributed by atoms with van der Waals surface area (Å²) < 4.78 is 32.4. The molecule has 2 rings (SSSR count). The maximum Gasteiger partial charge on any atom is 0.163 e. The van der Waals surface area contributed by atoms with Crippen LogP contribution in [0.3, 0.4) is 0 Å². The molecule has 0 radical (unpaired) electrons. The molecule has 1 unspecified atom stereocenters. The molecule has 2 aromatic carbocycles. The van der Waals surface area contributed by atoms with Gasteiger partial charge in [-0.3, -0.25) is 0 Å². The maximum absolute atomic E-state index is 13.8. The first-order valence-corrected chi connectivity index (χ1v) is 6.62. The lowest BCUT2D eigenvalue weighted by molar-refractivity contribution is 0.408. The molecule has 2 aromatic rings. The third kappa shape index (κ3) is 2.63. The highest BCUT2D eigenvalue weighted by Gasteiger charge is 2.19. The molecule has 1 atom stereocenters. The van der Waals surface area contributed by atoms with Crippen molar-refractivity contribution in [2.75, 3.05) is 7.11 Å². The summed E-state index contributed by atoms with van der Waals surface area (Å²) in [6.45, 7) is 3.78. The number of hydrogen-bond donors (Lipinski definition) is 0. The summed E-state index contributed by atoms with van der Waals surface area (Å²) in [5, 5.41) is -0.742. The molecular formula is C16H15ClF2O. The van der Waals surface area contributed by atoms with Crippen molar-refractivity contribution in [1.82, 2.24) is 0 Å². The molecule has 1 nitrogen and oxygen atoms in total. The first kappa shape index (κ1) is 14.8. The molecule has 0 aliphatic heterocycles. The molecule has 0 fully saturated rings. The Morgan fingerprint density at radius 3 is 2.25 bits per heavy atom. The predicted molar refractivity (Wildman–Crippen MR) is 76.5 cm³/mol. The molecule has 0 heterocycles. The van der Waals surface area contributed by atoms with Crippen LogP contribution in [0.2, 0.25) is 0 Å². The molecule has 4 heteroatoms. The number of alkyl halides is 1. The molecular weight excluding hydrogens is 282 g/mol. The fourth-order valence-electron chi connectivity index (χ4n) is 2.35. The average Bonchev–Trinajstić information content (AvgIpc) is 2.41. The van der Waals surface area contributed by atoms with Crippen molar-refractivity contribution in [3.63, 3.8) is 0 Å². The molecule has 20 heavy (non-hydrogen) atoms. The van der Waals surface area contributed by atoms with Crippen LogP contribution in [-0.4, -0.2) is 7.11 Å². The summed E-state index contributed by atoms with van der Waals surface area (Å²) in [6.07, 6.45) is 0. The SMILES string of the molecule is COc1c(C)cc(C(Cl)c2cccc(F)c2F)cc1C. The molecule has 0 saturated heterocycles. The van der Waals surface area contributed by atoms with Gasteiger partial charge in [-0.25, -0.2) is 8.78 Å². The zero-order valence-electron chi connectivity index (χ0n) is 11.5. The summed E-state index contributed by atoms with van der Waals surface area (Å²) in [5.41, 5.74) is 2.66. The summed E-state index contributed by atoms with van der Waals surface area (Å²) in [6, 6.07) is 7.67. The Morgan fingerprint density at radius 1 is 1.10 bits per heavy atom. The van der Waals surface area contributed by atoms with Crippen LogP contribution in [0.15, 0.2) is 30.3 Å². The van der Waals surface area contributed by atoms with Crippen LogP contribution in [0.5, 0.6) is 5.75 Å². The Bertz CT molecular complexity index is 617. The molecule has 0 aliphatic rings. The minimum Gasteiger partial charge on any atom is -0.496 e. The van der Waals surface area contributed by atoms with E-state index in [1.165, 1.54) is 12.1 Å². The molecule has 106 valence electrons. The number of aryl methyl sites for hydroxylation is 2. The second-order valence-corrected chi connectivity index (χ2v) is 5.13. The molecule has 0 spiro atoms. The summed E-state index contributed by atoms with van der Waals surface area (Å²) >= 11 is 6.30. The zero-order chi connectivity index (χ0) is 14.9. The van der Waals surface area contributed by atoms with Crippen molar-refractivity contribution < 1.29 is 13.5 Å².